The summed E-state index contributed by atoms with van der Waals surface area (Å²) >= 11 is 0. The van der Waals surface area contributed by atoms with Crippen LogP contribution in [0.4, 0.5) is 0 Å². The first kappa shape index (κ1) is 12.1. The molecule has 0 radical (unpaired) electrons. The van der Waals surface area contributed by atoms with Crippen LogP contribution in [0.1, 0.15) is 25.2 Å². The second-order valence-corrected chi connectivity index (χ2v) is 8.95. The van der Waals surface area contributed by atoms with Gasteiger partial charge < -0.3 is 8.47 Å². The molecule has 17 heavy (non-hydrogen) atoms. The molecule has 0 aliphatic rings. The molecule has 0 saturated carbocycles. The highest BCUT2D eigenvalue weighted by molar-refractivity contribution is 6.76. The minimum Gasteiger partial charge on any atom is -0.345 e. The van der Waals surface area contributed by atoms with E-state index < -0.39 is 8.40 Å². The van der Waals surface area contributed by atoms with Crippen molar-refractivity contribution in [3.8, 4) is 0 Å². The number of rotatable bonds is 4. The van der Waals surface area contributed by atoms with E-state index in [4.69, 9.17) is 0 Å². The van der Waals surface area contributed by atoms with Crippen LogP contribution in [0.2, 0.25) is 12.1 Å². The van der Waals surface area contributed by atoms with Crippen molar-refractivity contribution in [3.63, 3.8) is 0 Å². The lowest BCUT2D eigenvalue weighted by atomic mass is 10.6. The maximum Gasteiger partial charge on any atom is 0.273 e. The van der Waals surface area contributed by atoms with Gasteiger partial charge in [0.1, 0.15) is 0 Å². The summed E-state index contributed by atoms with van der Waals surface area (Å²) in [5.41, 5.74) is 2.17. The van der Waals surface area contributed by atoms with Gasteiger partial charge >= 0.3 is 0 Å². The molecule has 0 unspecified atom stereocenters. The van der Waals surface area contributed by atoms with E-state index in [0.29, 0.717) is 0 Å². The van der Waals surface area contributed by atoms with Crippen LogP contribution >= 0.6 is 0 Å². The van der Waals surface area contributed by atoms with Crippen LogP contribution in [0.15, 0.2) is 25.0 Å². The highest BCUT2D eigenvalue weighted by atomic mass is 28.3. The normalized spacial score (nSPS) is 12.0. The third-order valence-corrected chi connectivity index (χ3v) is 8.19. The Morgan fingerprint density at radius 1 is 0.941 bits per heavy atom. The largest absolute Gasteiger partial charge is 0.345 e. The van der Waals surface area contributed by atoms with Gasteiger partial charge in [0.05, 0.1) is 24.0 Å². The monoisotopic (exact) mass is 248 g/mol. The highest BCUT2D eigenvalue weighted by Crippen LogP contribution is 2.21. The van der Waals surface area contributed by atoms with E-state index in [1.54, 1.807) is 0 Å². The summed E-state index contributed by atoms with van der Waals surface area (Å²) < 4.78 is 4.67. The minimum atomic E-state index is -1.75. The van der Waals surface area contributed by atoms with Crippen molar-refractivity contribution in [3.05, 3.63) is 36.4 Å². The van der Waals surface area contributed by atoms with Crippen molar-refractivity contribution in [2.75, 3.05) is 0 Å². The average Bonchev–Trinajstić information content (AvgIpc) is 2.92. The molecule has 5 heteroatoms. The van der Waals surface area contributed by atoms with E-state index in [9.17, 15) is 0 Å². The van der Waals surface area contributed by atoms with Gasteiger partial charge in [-0.25, -0.2) is 9.97 Å². The summed E-state index contributed by atoms with van der Waals surface area (Å²) in [5, 5.41) is 0. The van der Waals surface area contributed by atoms with Crippen LogP contribution in [0.3, 0.4) is 0 Å². The lowest BCUT2D eigenvalue weighted by Gasteiger charge is -2.31. The second-order valence-electron chi connectivity index (χ2n) is 4.53. The number of hydrogen-bond donors (Lipinski definition) is 0. The first-order chi connectivity index (χ1) is 8.12. The van der Waals surface area contributed by atoms with Gasteiger partial charge in [0.25, 0.3) is 8.40 Å². The molecule has 0 atom stereocenters. The van der Waals surface area contributed by atoms with Crippen molar-refractivity contribution < 1.29 is 0 Å². The van der Waals surface area contributed by atoms with Crippen LogP contribution in [0.25, 0.3) is 0 Å². The molecule has 2 aromatic heterocycles. The number of aryl methyl sites for hydroxylation is 2. The summed E-state index contributed by atoms with van der Waals surface area (Å²) in [7, 11) is -1.75. The molecule has 0 aliphatic carbocycles. The topological polar surface area (TPSA) is 35.6 Å². The maximum absolute atomic E-state index is 4.37. The second kappa shape index (κ2) is 4.48. The van der Waals surface area contributed by atoms with Crippen molar-refractivity contribution in [1.82, 2.24) is 18.4 Å². The first-order valence-electron chi connectivity index (χ1n) is 6.14. The van der Waals surface area contributed by atoms with E-state index in [0.717, 1.165) is 23.5 Å². The number of imidazole rings is 2. The number of aromatic nitrogens is 4. The molecule has 92 valence electrons. The molecule has 0 spiro atoms. The Hall–Kier alpha value is -1.36. The predicted molar refractivity (Wildman–Crippen MR) is 71.4 cm³/mol. The molecule has 0 aliphatic heterocycles. The van der Waals surface area contributed by atoms with E-state index in [2.05, 4.69) is 44.7 Å². The zero-order valence-electron chi connectivity index (χ0n) is 11.0. The standard InChI is InChI=1S/C12H20N4Si/c1-5-17(6-2,15-7-11(3)13-9-15)16-8-12(4)14-10-16/h7-10H,5-6H2,1-4H3. The van der Waals surface area contributed by atoms with Crippen LogP contribution in [-0.4, -0.2) is 26.8 Å². The molecule has 0 bridgehead atoms. The Kier molecular flexibility index (Phi) is 3.19. The lowest BCUT2D eigenvalue weighted by Crippen LogP contribution is -2.48. The fourth-order valence-electron chi connectivity index (χ4n) is 2.41. The van der Waals surface area contributed by atoms with E-state index in [1.165, 1.54) is 0 Å². The summed E-state index contributed by atoms with van der Waals surface area (Å²) in [6, 6.07) is 2.30. The van der Waals surface area contributed by atoms with Crippen LogP contribution in [0.5, 0.6) is 0 Å². The Balaban J connectivity index is 2.52. The molecule has 0 aromatic carbocycles. The fraction of sp³-hybridized carbons (Fsp3) is 0.500. The molecule has 2 rings (SSSR count). The molecule has 4 nitrogen and oxygen atoms in total. The van der Waals surface area contributed by atoms with Gasteiger partial charge in [-0.2, -0.15) is 0 Å². The van der Waals surface area contributed by atoms with Gasteiger partial charge in [-0.05, 0) is 25.9 Å². The maximum atomic E-state index is 4.37. The Labute approximate surface area is 103 Å². The van der Waals surface area contributed by atoms with E-state index >= 15 is 0 Å². The number of hydrogen-bond acceptors (Lipinski definition) is 2. The molecular weight excluding hydrogens is 228 g/mol. The summed E-state index contributed by atoms with van der Waals surface area (Å²) in [6.07, 6.45) is 8.27. The number of nitrogens with zero attached hydrogens (tertiary/aromatic N) is 4. The van der Waals surface area contributed by atoms with Gasteiger partial charge in [0.2, 0.25) is 0 Å². The Morgan fingerprint density at radius 2 is 1.35 bits per heavy atom. The predicted octanol–water partition coefficient (Wildman–Crippen LogP) is 2.57. The Bertz CT molecular complexity index is 454. The van der Waals surface area contributed by atoms with Crippen LogP contribution < -0.4 is 0 Å². The molecule has 2 aromatic rings. The van der Waals surface area contributed by atoms with Gasteiger partial charge in [-0.15, -0.1) is 0 Å². The zero-order chi connectivity index (χ0) is 12.5. The average molecular weight is 248 g/mol. The van der Waals surface area contributed by atoms with Gasteiger partial charge in [0.15, 0.2) is 0 Å². The summed E-state index contributed by atoms with van der Waals surface area (Å²) in [4.78, 5) is 8.75. The molecule has 0 saturated heterocycles. The van der Waals surface area contributed by atoms with Crippen molar-refractivity contribution in [1.29, 1.82) is 0 Å². The van der Waals surface area contributed by atoms with Crippen LogP contribution in [0, 0.1) is 13.8 Å². The molecule has 0 fully saturated rings. The van der Waals surface area contributed by atoms with Crippen molar-refractivity contribution >= 4 is 8.40 Å². The van der Waals surface area contributed by atoms with Crippen molar-refractivity contribution in [2.45, 2.75) is 39.8 Å². The fourth-order valence-corrected chi connectivity index (χ4v) is 6.04. The quantitative estimate of drug-likeness (QED) is 0.780. The summed E-state index contributed by atoms with van der Waals surface area (Å²) in [6.45, 7) is 8.61. The van der Waals surface area contributed by atoms with Gasteiger partial charge in [0, 0.05) is 12.4 Å². The molecule has 2 heterocycles. The molecular formula is C12H20N4Si. The van der Waals surface area contributed by atoms with Crippen LogP contribution in [-0.2, 0) is 0 Å². The zero-order valence-corrected chi connectivity index (χ0v) is 12.0. The smallest absolute Gasteiger partial charge is 0.273 e. The lowest BCUT2D eigenvalue weighted by molar-refractivity contribution is 0.925. The molecule has 0 N–H and O–H groups in total. The van der Waals surface area contributed by atoms with Crippen molar-refractivity contribution in [2.24, 2.45) is 0 Å². The van der Waals surface area contributed by atoms with E-state index in [1.807, 2.05) is 26.5 Å². The first-order valence-corrected chi connectivity index (χ1v) is 8.45. The van der Waals surface area contributed by atoms with Gasteiger partial charge in [-0.1, -0.05) is 13.8 Å². The van der Waals surface area contributed by atoms with E-state index in [-0.39, 0.29) is 0 Å². The molecule has 0 amide bonds. The third kappa shape index (κ3) is 1.95. The third-order valence-electron chi connectivity index (χ3n) is 3.52. The minimum absolute atomic E-state index is 1.08. The highest BCUT2D eigenvalue weighted by Gasteiger charge is 2.34. The Morgan fingerprint density at radius 3 is 1.59 bits per heavy atom. The summed E-state index contributed by atoms with van der Waals surface area (Å²) in [5.74, 6) is 0. The SMILES string of the molecule is CC[Si](CC)(n1cnc(C)c1)n1cnc(C)c1. The van der Waals surface area contributed by atoms with Gasteiger partial charge in [-0.3, -0.25) is 0 Å².